The molecule has 2 amide bonds. The summed E-state index contributed by atoms with van der Waals surface area (Å²) in [6.07, 6.45) is 2.57. The van der Waals surface area contributed by atoms with Gasteiger partial charge in [-0.2, -0.15) is 0 Å². The van der Waals surface area contributed by atoms with Crippen molar-refractivity contribution in [2.45, 2.75) is 18.5 Å². The maximum atomic E-state index is 12.3. The molecule has 2 aliphatic rings. The Morgan fingerprint density at radius 1 is 1.16 bits per heavy atom. The maximum absolute atomic E-state index is 12.3. The Morgan fingerprint density at radius 3 is 2.60 bits per heavy atom. The molecule has 0 radical (unpaired) electrons. The van der Waals surface area contributed by atoms with Gasteiger partial charge in [-0.3, -0.25) is 19.5 Å². The van der Waals surface area contributed by atoms with Gasteiger partial charge in [0, 0.05) is 25.3 Å². The van der Waals surface area contributed by atoms with Crippen LogP contribution in [-0.2, 0) is 0 Å². The van der Waals surface area contributed by atoms with Crippen molar-refractivity contribution in [3.05, 3.63) is 53.9 Å². The van der Waals surface area contributed by atoms with E-state index in [4.69, 9.17) is 5.73 Å². The van der Waals surface area contributed by atoms with E-state index in [1.54, 1.807) is 36.4 Å². The number of hydrogen-bond donors (Lipinski definition) is 3. The molecule has 0 bridgehead atoms. The zero-order valence-corrected chi connectivity index (χ0v) is 13.6. The molecule has 7 nitrogen and oxygen atoms in total. The van der Waals surface area contributed by atoms with Crippen molar-refractivity contribution >= 4 is 23.2 Å². The van der Waals surface area contributed by atoms with Crippen LogP contribution in [0.15, 0.2) is 42.6 Å². The van der Waals surface area contributed by atoms with Crippen LogP contribution in [0.2, 0.25) is 0 Å². The Bertz CT molecular complexity index is 820. The molecule has 25 heavy (non-hydrogen) atoms. The van der Waals surface area contributed by atoms with E-state index in [1.165, 1.54) is 6.20 Å². The molecule has 2 aliphatic heterocycles. The quantitative estimate of drug-likeness (QED) is 0.726. The van der Waals surface area contributed by atoms with E-state index in [0.717, 1.165) is 19.5 Å². The minimum atomic E-state index is -0.367. The number of amides is 2. The number of carbonyl (C=O) groups is 2. The van der Waals surface area contributed by atoms with Crippen molar-refractivity contribution in [3.8, 4) is 0 Å². The van der Waals surface area contributed by atoms with Crippen LogP contribution in [0.5, 0.6) is 0 Å². The van der Waals surface area contributed by atoms with Gasteiger partial charge in [0.25, 0.3) is 11.8 Å². The predicted octanol–water partition coefficient (Wildman–Crippen LogP) is 1.10. The van der Waals surface area contributed by atoms with E-state index in [-0.39, 0.29) is 23.6 Å². The number of benzene rings is 1. The largest absolute Gasteiger partial charge is 0.397 e. The molecule has 2 aromatic rings. The third-order valence-corrected chi connectivity index (χ3v) is 4.86. The van der Waals surface area contributed by atoms with Gasteiger partial charge in [-0.25, -0.2) is 0 Å². The van der Waals surface area contributed by atoms with E-state index < -0.39 is 0 Å². The van der Waals surface area contributed by atoms with Crippen LogP contribution < -0.4 is 16.4 Å². The summed E-state index contributed by atoms with van der Waals surface area (Å²) in [7, 11) is 0. The lowest BCUT2D eigenvalue weighted by Gasteiger charge is -2.56. The average molecular weight is 337 g/mol. The van der Waals surface area contributed by atoms with E-state index >= 15 is 0 Å². The number of carbonyl (C=O) groups excluding carboxylic acids is 2. The summed E-state index contributed by atoms with van der Waals surface area (Å²) >= 11 is 0. The van der Waals surface area contributed by atoms with Gasteiger partial charge in [-0.15, -0.1) is 0 Å². The lowest BCUT2D eigenvalue weighted by molar-refractivity contribution is -0.0371. The highest BCUT2D eigenvalue weighted by atomic mass is 16.2. The van der Waals surface area contributed by atoms with Gasteiger partial charge in [0.05, 0.1) is 23.0 Å². The Kier molecular flexibility index (Phi) is 3.85. The van der Waals surface area contributed by atoms with Crippen molar-refractivity contribution in [2.75, 3.05) is 24.1 Å². The third-order valence-electron chi connectivity index (χ3n) is 4.86. The number of fused-ring (bicyclic) bond motifs is 1. The zero-order chi connectivity index (χ0) is 17.4. The number of pyridine rings is 1. The molecule has 2 unspecified atom stereocenters. The summed E-state index contributed by atoms with van der Waals surface area (Å²) in [5.41, 5.74) is 7.51. The lowest BCUT2D eigenvalue weighted by atomic mass is 9.85. The molecule has 7 heteroatoms. The summed E-state index contributed by atoms with van der Waals surface area (Å²) < 4.78 is 0. The first-order chi connectivity index (χ1) is 12.1. The van der Waals surface area contributed by atoms with Crippen molar-refractivity contribution in [1.29, 1.82) is 0 Å². The first-order valence-electron chi connectivity index (χ1n) is 8.28. The van der Waals surface area contributed by atoms with Crippen molar-refractivity contribution in [1.82, 2.24) is 15.2 Å². The second-order valence-electron chi connectivity index (χ2n) is 6.40. The van der Waals surface area contributed by atoms with E-state index in [1.807, 2.05) is 0 Å². The van der Waals surface area contributed by atoms with E-state index in [9.17, 15) is 9.59 Å². The minimum absolute atomic E-state index is 0.150. The van der Waals surface area contributed by atoms with Crippen molar-refractivity contribution < 1.29 is 9.59 Å². The van der Waals surface area contributed by atoms with Crippen LogP contribution in [0.4, 0.5) is 11.4 Å². The zero-order valence-electron chi connectivity index (χ0n) is 13.6. The maximum Gasteiger partial charge on any atom is 0.274 e. The number of nitrogens with zero attached hydrogens (tertiary/aromatic N) is 2. The predicted molar refractivity (Wildman–Crippen MR) is 94.3 cm³/mol. The Morgan fingerprint density at radius 2 is 2.00 bits per heavy atom. The van der Waals surface area contributed by atoms with Crippen LogP contribution in [0.1, 0.15) is 27.3 Å². The van der Waals surface area contributed by atoms with Gasteiger partial charge in [0.15, 0.2) is 0 Å². The molecule has 0 spiro atoms. The standard InChI is InChI=1S/C18H19N5O2/c19-12-3-1-2-4-13(12)21-18(25)14-6-5-11(9-20-14)17(24)22-15-10-23-8-7-16(15)23/h1-6,9,15-16H,7-8,10,19H2,(H,21,25)(H,22,24). The normalized spacial score (nSPS) is 21.4. The minimum Gasteiger partial charge on any atom is -0.397 e. The summed E-state index contributed by atoms with van der Waals surface area (Å²) in [4.78, 5) is 30.9. The van der Waals surface area contributed by atoms with E-state index in [2.05, 4.69) is 20.5 Å². The summed E-state index contributed by atoms with van der Waals surface area (Å²) in [5, 5.41) is 5.73. The number of rotatable bonds is 4. The third kappa shape index (κ3) is 2.94. The molecule has 2 saturated heterocycles. The number of piperidine rings is 1. The molecule has 0 aliphatic carbocycles. The summed E-state index contributed by atoms with van der Waals surface area (Å²) in [5.74, 6) is -0.516. The molecule has 0 saturated carbocycles. The molecule has 2 fully saturated rings. The van der Waals surface area contributed by atoms with Crippen LogP contribution in [-0.4, -0.2) is 46.9 Å². The second-order valence-corrected chi connectivity index (χ2v) is 6.40. The fraction of sp³-hybridized carbons (Fsp3) is 0.278. The molecule has 2 atom stereocenters. The molecular weight excluding hydrogens is 318 g/mol. The number of aromatic nitrogens is 1. The highest BCUT2D eigenvalue weighted by molar-refractivity contribution is 6.05. The highest BCUT2D eigenvalue weighted by Gasteiger charge is 2.45. The van der Waals surface area contributed by atoms with Gasteiger partial charge in [-0.1, -0.05) is 12.1 Å². The number of nitrogens with two attached hydrogens (primary N) is 1. The Hall–Kier alpha value is -2.93. The smallest absolute Gasteiger partial charge is 0.274 e. The first kappa shape index (κ1) is 15.6. The number of anilines is 2. The van der Waals surface area contributed by atoms with Crippen molar-refractivity contribution in [2.24, 2.45) is 0 Å². The van der Waals surface area contributed by atoms with Crippen LogP contribution in [0, 0.1) is 0 Å². The SMILES string of the molecule is Nc1ccccc1NC(=O)c1ccc(C(=O)NC2CN3CCC23)cn1. The highest BCUT2D eigenvalue weighted by Crippen LogP contribution is 2.30. The van der Waals surface area contributed by atoms with Gasteiger partial charge in [-0.05, 0) is 30.7 Å². The molecule has 4 N–H and O–H groups in total. The van der Waals surface area contributed by atoms with Crippen LogP contribution >= 0.6 is 0 Å². The first-order valence-corrected chi connectivity index (χ1v) is 8.28. The molecule has 1 aromatic heterocycles. The van der Waals surface area contributed by atoms with E-state index in [0.29, 0.717) is 23.0 Å². The fourth-order valence-corrected chi connectivity index (χ4v) is 3.23. The molecule has 128 valence electrons. The Balaban J connectivity index is 1.38. The number of hydrogen-bond acceptors (Lipinski definition) is 5. The topological polar surface area (TPSA) is 100 Å². The van der Waals surface area contributed by atoms with Crippen molar-refractivity contribution in [3.63, 3.8) is 0 Å². The van der Waals surface area contributed by atoms with Gasteiger partial charge in [0.2, 0.25) is 0 Å². The second kappa shape index (κ2) is 6.18. The number of nitrogen functional groups attached to an aromatic ring is 1. The summed E-state index contributed by atoms with van der Waals surface area (Å²) in [6, 6.07) is 10.9. The number of para-hydroxylation sites is 2. The van der Waals surface area contributed by atoms with Gasteiger partial charge < -0.3 is 16.4 Å². The number of nitrogens with one attached hydrogen (secondary N) is 2. The molecule has 4 rings (SSSR count). The van der Waals surface area contributed by atoms with Crippen LogP contribution in [0.3, 0.4) is 0 Å². The lowest BCUT2D eigenvalue weighted by Crippen LogP contribution is -2.72. The average Bonchev–Trinajstić information content (AvgIpc) is 2.61. The molecule has 3 heterocycles. The van der Waals surface area contributed by atoms with Gasteiger partial charge >= 0.3 is 0 Å². The fourth-order valence-electron chi connectivity index (χ4n) is 3.23. The Labute approximate surface area is 145 Å². The summed E-state index contributed by atoms with van der Waals surface area (Å²) in [6.45, 7) is 2.05. The van der Waals surface area contributed by atoms with Gasteiger partial charge in [0.1, 0.15) is 5.69 Å². The molecular formula is C18H19N5O2. The monoisotopic (exact) mass is 337 g/mol. The van der Waals surface area contributed by atoms with Crippen LogP contribution in [0.25, 0.3) is 0 Å². The molecule has 1 aromatic carbocycles.